The van der Waals surface area contributed by atoms with Crippen molar-refractivity contribution in [3.05, 3.63) is 76.3 Å². The Balaban J connectivity index is 1.86. The number of carbonyl (C=O) groups excluding carboxylic acids is 1. The molecule has 25 heavy (non-hydrogen) atoms. The first-order valence-electron chi connectivity index (χ1n) is 8.01. The third-order valence-corrected chi connectivity index (χ3v) is 4.07. The Kier molecular flexibility index (Phi) is 4.90. The summed E-state index contributed by atoms with van der Waals surface area (Å²) in [6.45, 7) is -0.206. The van der Waals surface area contributed by atoms with Gasteiger partial charge in [0.15, 0.2) is 0 Å². The van der Waals surface area contributed by atoms with Crippen molar-refractivity contribution >= 4 is 16.8 Å². The zero-order valence-corrected chi connectivity index (χ0v) is 13.8. The van der Waals surface area contributed by atoms with Gasteiger partial charge < -0.3 is 10.4 Å². The molecule has 0 aliphatic heterocycles. The van der Waals surface area contributed by atoms with Crippen molar-refractivity contribution < 1.29 is 9.90 Å². The molecule has 6 nitrogen and oxygen atoms in total. The molecular formula is C19H19N3O3. The van der Waals surface area contributed by atoms with Crippen LogP contribution in [0.15, 0.2) is 59.4 Å². The summed E-state index contributed by atoms with van der Waals surface area (Å²) < 4.78 is 1.23. The molecule has 1 atom stereocenters. The molecule has 0 bridgehead atoms. The Morgan fingerprint density at radius 2 is 1.84 bits per heavy atom. The van der Waals surface area contributed by atoms with Gasteiger partial charge in [-0.3, -0.25) is 14.2 Å². The second-order valence-corrected chi connectivity index (χ2v) is 5.86. The summed E-state index contributed by atoms with van der Waals surface area (Å²) in [6.07, 6.45) is 0.491. The van der Waals surface area contributed by atoms with Crippen LogP contribution in [0.4, 0.5) is 0 Å². The molecule has 0 fully saturated rings. The third kappa shape index (κ3) is 3.59. The molecule has 1 aromatic heterocycles. The second kappa shape index (κ2) is 7.27. The molecule has 0 saturated carbocycles. The highest BCUT2D eigenvalue weighted by Gasteiger charge is 2.18. The third-order valence-electron chi connectivity index (χ3n) is 4.07. The normalized spacial score (nSPS) is 12.1. The predicted octanol–water partition coefficient (Wildman–Crippen LogP) is 1.27. The highest BCUT2D eigenvalue weighted by atomic mass is 16.3. The summed E-state index contributed by atoms with van der Waals surface area (Å²) in [6, 6.07) is 16.0. The van der Waals surface area contributed by atoms with Crippen LogP contribution < -0.4 is 10.9 Å². The van der Waals surface area contributed by atoms with Gasteiger partial charge in [0, 0.05) is 7.05 Å². The number of aromatic nitrogens is 2. The predicted molar refractivity (Wildman–Crippen MR) is 95.5 cm³/mol. The van der Waals surface area contributed by atoms with Gasteiger partial charge in [-0.15, -0.1) is 0 Å². The van der Waals surface area contributed by atoms with Gasteiger partial charge in [-0.2, -0.15) is 0 Å². The second-order valence-electron chi connectivity index (χ2n) is 5.86. The molecule has 1 amide bonds. The van der Waals surface area contributed by atoms with Crippen LogP contribution in [0.5, 0.6) is 0 Å². The van der Waals surface area contributed by atoms with Crippen LogP contribution in [0, 0.1) is 0 Å². The SMILES string of the molecule is Cn1c(C(=O)N[C@@H](CO)Cc2ccccc2)nc2ccccc2c1=O. The van der Waals surface area contributed by atoms with E-state index in [0.717, 1.165) is 5.56 Å². The Hall–Kier alpha value is -2.99. The Labute approximate surface area is 144 Å². The van der Waals surface area contributed by atoms with Crippen molar-refractivity contribution in [3.63, 3.8) is 0 Å². The Bertz CT molecular complexity index is 951. The summed E-state index contributed by atoms with van der Waals surface area (Å²) in [4.78, 5) is 29.3. The molecule has 0 aliphatic rings. The molecule has 2 N–H and O–H groups in total. The first-order chi connectivity index (χ1) is 12.1. The Morgan fingerprint density at radius 3 is 2.56 bits per heavy atom. The number of amides is 1. The molecule has 0 saturated heterocycles. The number of nitrogens with one attached hydrogen (secondary N) is 1. The monoisotopic (exact) mass is 337 g/mol. The van der Waals surface area contributed by atoms with E-state index in [2.05, 4.69) is 10.3 Å². The molecule has 0 aliphatic carbocycles. The van der Waals surface area contributed by atoms with Crippen molar-refractivity contribution in [3.8, 4) is 0 Å². The molecule has 3 aromatic rings. The van der Waals surface area contributed by atoms with Crippen LogP contribution in [-0.2, 0) is 13.5 Å². The molecule has 1 heterocycles. The first kappa shape index (κ1) is 16.9. The molecule has 2 aromatic carbocycles. The summed E-state index contributed by atoms with van der Waals surface area (Å²) >= 11 is 0. The number of aliphatic hydroxyl groups excluding tert-OH is 1. The number of fused-ring (bicyclic) bond motifs is 1. The van der Waals surface area contributed by atoms with E-state index in [0.29, 0.717) is 17.3 Å². The van der Waals surface area contributed by atoms with Crippen molar-refractivity contribution in [1.29, 1.82) is 0 Å². The zero-order chi connectivity index (χ0) is 17.8. The van der Waals surface area contributed by atoms with Gasteiger partial charge in [0.1, 0.15) is 0 Å². The minimum absolute atomic E-state index is 0.0233. The number of rotatable bonds is 5. The largest absolute Gasteiger partial charge is 0.394 e. The number of nitrogens with zero attached hydrogens (tertiary/aromatic N) is 2. The molecule has 0 spiro atoms. The molecule has 0 unspecified atom stereocenters. The van der Waals surface area contributed by atoms with Crippen molar-refractivity contribution in [2.24, 2.45) is 7.05 Å². The average molecular weight is 337 g/mol. The van der Waals surface area contributed by atoms with Crippen LogP contribution in [0.25, 0.3) is 10.9 Å². The fraction of sp³-hybridized carbons (Fsp3) is 0.211. The maximum Gasteiger partial charge on any atom is 0.287 e. The molecular weight excluding hydrogens is 318 g/mol. The molecule has 3 rings (SSSR count). The van der Waals surface area contributed by atoms with Crippen LogP contribution in [0.3, 0.4) is 0 Å². The van der Waals surface area contributed by atoms with Gasteiger partial charge in [-0.05, 0) is 24.1 Å². The van der Waals surface area contributed by atoms with Gasteiger partial charge in [-0.1, -0.05) is 42.5 Å². The van der Waals surface area contributed by atoms with Crippen molar-refractivity contribution in [2.75, 3.05) is 6.61 Å². The van der Waals surface area contributed by atoms with E-state index in [1.165, 1.54) is 11.6 Å². The lowest BCUT2D eigenvalue weighted by Gasteiger charge is -2.17. The lowest BCUT2D eigenvalue weighted by molar-refractivity contribution is 0.0901. The number of hydrogen-bond donors (Lipinski definition) is 2. The van der Waals surface area contributed by atoms with E-state index in [9.17, 15) is 14.7 Å². The van der Waals surface area contributed by atoms with Gasteiger partial charge in [0.05, 0.1) is 23.6 Å². The quantitative estimate of drug-likeness (QED) is 0.734. The fourth-order valence-corrected chi connectivity index (χ4v) is 2.73. The highest BCUT2D eigenvalue weighted by molar-refractivity contribution is 5.93. The maximum atomic E-state index is 12.6. The summed E-state index contributed by atoms with van der Waals surface area (Å²) in [5.74, 6) is -0.462. The lowest BCUT2D eigenvalue weighted by Crippen LogP contribution is -2.41. The van der Waals surface area contributed by atoms with Gasteiger partial charge >= 0.3 is 0 Å². The summed E-state index contributed by atoms with van der Waals surface area (Å²) in [5, 5.41) is 12.8. The van der Waals surface area contributed by atoms with Crippen LogP contribution >= 0.6 is 0 Å². The van der Waals surface area contributed by atoms with E-state index < -0.39 is 11.9 Å². The number of aliphatic hydroxyl groups is 1. The minimum Gasteiger partial charge on any atom is -0.394 e. The minimum atomic E-state index is -0.486. The molecule has 0 radical (unpaired) electrons. The summed E-state index contributed by atoms with van der Waals surface area (Å²) in [5.41, 5.74) is 1.20. The van der Waals surface area contributed by atoms with Crippen LogP contribution in [0.1, 0.15) is 16.2 Å². The smallest absolute Gasteiger partial charge is 0.287 e. The number of carbonyl (C=O) groups is 1. The topological polar surface area (TPSA) is 84.2 Å². The van der Waals surface area contributed by atoms with Gasteiger partial charge in [0.25, 0.3) is 11.5 Å². The van der Waals surface area contributed by atoms with Crippen molar-refractivity contribution in [2.45, 2.75) is 12.5 Å². The number of benzene rings is 2. The first-order valence-corrected chi connectivity index (χ1v) is 8.01. The highest BCUT2D eigenvalue weighted by Crippen LogP contribution is 2.08. The number of hydrogen-bond acceptors (Lipinski definition) is 4. The zero-order valence-electron chi connectivity index (χ0n) is 13.8. The van der Waals surface area contributed by atoms with E-state index in [4.69, 9.17) is 0 Å². The van der Waals surface area contributed by atoms with E-state index in [-0.39, 0.29) is 18.0 Å². The molecule has 128 valence electrons. The standard InChI is InChI=1S/C19H19N3O3/c1-22-17(21-16-10-6-5-9-15(16)19(22)25)18(24)20-14(12-23)11-13-7-3-2-4-8-13/h2-10,14,23H,11-12H2,1H3,(H,20,24)/t14-/m1/s1. The van der Waals surface area contributed by atoms with Crippen molar-refractivity contribution in [1.82, 2.24) is 14.9 Å². The van der Waals surface area contributed by atoms with Crippen LogP contribution in [-0.4, -0.2) is 33.2 Å². The van der Waals surface area contributed by atoms with E-state index in [1.807, 2.05) is 30.3 Å². The fourth-order valence-electron chi connectivity index (χ4n) is 2.73. The molecule has 6 heteroatoms. The average Bonchev–Trinajstić information content (AvgIpc) is 2.64. The van der Waals surface area contributed by atoms with E-state index in [1.54, 1.807) is 24.3 Å². The van der Waals surface area contributed by atoms with Gasteiger partial charge in [-0.25, -0.2) is 4.98 Å². The maximum absolute atomic E-state index is 12.6. The summed E-state index contributed by atoms with van der Waals surface area (Å²) in [7, 11) is 1.52. The van der Waals surface area contributed by atoms with Gasteiger partial charge in [0.2, 0.25) is 5.82 Å². The lowest BCUT2D eigenvalue weighted by atomic mass is 10.1. The Morgan fingerprint density at radius 1 is 1.16 bits per heavy atom. The number of para-hydroxylation sites is 1. The van der Waals surface area contributed by atoms with E-state index >= 15 is 0 Å². The van der Waals surface area contributed by atoms with Crippen LogP contribution in [0.2, 0.25) is 0 Å².